The molecule has 0 aliphatic carbocycles. The van der Waals surface area contributed by atoms with Crippen molar-refractivity contribution < 1.29 is 4.42 Å². The maximum atomic E-state index is 6.67. The summed E-state index contributed by atoms with van der Waals surface area (Å²) in [5, 5.41) is 6.98. The lowest BCUT2D eigenvalue weighted by Crippen LogP contribution is -2.00. The van der Waals surface area contributed by atoms with E-state index < -0.39 is 0 Å². The number of fused-ring (bicyclic) bond motifs is 7. The maximum absolute atomic E-state index is 6.67. The average Bonchev–Trinajstić information content (AvgIpc) is 3.90. The number of thiophene rings is 1. The van der Waals surface area contributed by atoms with Gasteiger partial charge in [-0.3, -0.25) is 0 Å². The van der Waals surface area contributed by atoms with Crippen molar-refractivity contribution in [2.75, 3.05) is 0 Å². The van der Waals surface area contributed by atoms with Crippen LogP contribution in [-0.2, 0) is 0 Å². The van der Waals surface area contributed by atoms with Gasteiger partial charge in [0, 0.05) is 53.2 Å². The Labute approximate surface area is 349 Å². The van der Waals surface area contributed by atoms with Gasteiger partial charge in [-0.15, -0.1) is 11.3 Å². The number of benzene rings is 9. The summed E-state index contributed by atoms with van der Waals surface area (Å²) in [5.41, 5.74) is 11.5. The number of para-hydroxylation sites is 1. The van der Waals surface area contributed by atoms with Crippen LogP contribution in [0.2, 0.25) is 0 Å². The van der Waals surface area contributed by atoms with E-state index in [4.69, 9.17) is 19.4 Å². The second-order valence-electron chi connectivity index (χ2n) is 15.2. The highest BCUT2D eigenvalue weighted by molar-refractivity contribution is 7.25. The first-order valence-electron chi connectivity index (χ1n) is 20.1. The molecule has 4 nitrogen and oxygen atoms in total. The lowest BCUT2D eigenvalue weighted by molar-refractivity contribution is 0.670. The molecule has 280 valence electrons. The van der Waals surface area contributed by atoms with Gasteiger partial charge >= 0.3 is 0 Å². The van der Waals surface area contributed by atoms with Gasteiger partial charge in [-0.25, -0.2) is 15.0 Å². The van der Waals surface area contributed by atoms with E-state index in [1.807, 2.05) is 42.5 Å². The zero-order chi connectivity index (χ0) is 39.6. The normalized spacial score (nSPS) is 11.7. The smallest absolute Gasteiger partial charge is 0.164 e. The van der Waals surface area contributed by atoms with Crippen LogP contribution in [0.15, 0.2) is 205 Å². The van der Waals surface area contributed by atoms with Gasteiger partial charge in [0.15, 0.2) is 17.5 Å². The van der Waals surface area contributed by atoms with E-state index in [0.29, 0.717) is 17.5 Å². The van der Waals surface area contributed by atoms with Gasteiger partial charge in [0.1, 0.15) is 11.2 Å². The summed E-state index contributed by atoms with van der Waals surface area (Å²) < 4.78 is 9.15. The third-order valence-electron chi connectivity index (χ3n) is 11.5. The Bertz CT molecular complexity index is 3590. The third kappa shape index (κ3) is 5.86. The highest BCUT2D eigenvalue weighted by Crippen LogP contribution is 2.43. The van der Waals surface area contributed by atoms with Crippen LogP contribution < -0.4 is 0 Å². The minimum absolute atomic E-state index is 0.639. The van der Waals surface area contributed by atoms with E-state index in [9.17, 15) is 0 Å². The third-order valence-corrected chi connectivity index (χ3v) is 12.7. The lowest BCUT2D eigenvalue weighted by atomic mass is 9.92. The van der Waals surface area contributed by atoms with E-state index in [2.05, 4.69) is 158 Å². The lowest BCUT2D eigenvalue weighted by Gasteiger charge is -2.11. The Morgan fingerprint density at radius 1 is 0.333 bits per heavy atom. The van der Waals surface area contributed by atoms with Crippen LogP contribution in [-0.4, -0.2) is 15.0 Å². The molecule has 0 aliphatic rings. The Morgan fingerprint density at radius 3 is 1.62 bits per heavy atom. The van der Waals surface area contributed by atoms with E-state index in [-0.39, 0.29) is 0 Å². The zero-order valence-electron chi connectivity index (χ0n) is 32.2. The molecule has 3 aromatic heterocycles. The molecule has 0 fully saturated rings. The molecular formula is C55H33N3OS. The van der Waals surface area contributed by atoms with Crippen LogP contribution in [0.4, 0.5) is 0 Å². The largest absolute Gasteiger partial charge is 0.455 e. The van der Waals surface area contributed by atoms with Crippen molar-refractivity contribution in [3.63, 3.8) is 0 Å². The predicted octanol–water partition coefficient (Wildman–Crippen LogP) is 15.3. The molecule has 0 saturated heterocycles. The Hall–Kier alpha value is -7.73. The second-order valence-corrected chi connectivity index (χ2v) is 16.2. The maximum Gasteiger partial charge on any atom is 0.164 e. The topological polar surface area (TPSA) is 51.8 Å². The highest BCUT2D eigenvalue weighted by Gasteiger charge is 2.19. The van der Waals surface area contributed by atoms with Crippen molar-refractivity contribution in [3.8, 4) is 67.5 Å². The molecule has 9 aromatic carbocycles. The molecule has 0 amide bonds. The summed E-state index contributed by atoms with van der Waals surface area (Å²) >= 11 is 1.80. The standard InChI is InChI=1S/C55H33N3OS/c1-3-11-34(12-4-1)35-19-21-36(22-20-35)44-30-29-43(51-47-16-7-9-17-48(47)59-52(44)51)40-25-23-39-32-41(26-24-38(39)31-40)54-56-53(37-13-5-2-6-14-37)57-55(58-54)42-27-28-46-45-15-8-10-18-49(45)60-50(46)33-42/h1-33H. The molecule has 0 atom stereocenters. The number of nitrogens with zero attached hydrogens (tertiary/aromatic N) is 3. The van der Waals surface area contributed by atoms with Crippen LogP contribution >= 0.6 is 11.3 Å². The predicted molar refractivity (Wildman–Crippen MR) is 250 cm³/mol. The molecule has 0 spiro atoms. The van der Waals surface area contributed by atoms with Gasteiger partial charge in [-0.2, -0.15) is 0 Å². The fraction of sp³-hybridized carbons (Fsp3) is 0. The Balaban J connectivity index is 0.943. The van der Waals surface area contributed by atoms with Gasteiger partial charge in [-0.1, -0.05) is 164 Å². The van der Waals surface area contributed by atoms with Crippen molar-refractivity contribution in [2.45, 2.75) is 0 Å². The molecule has 12 rings (SSSR count). The van der Waals surface area contributed by atoms with Crippen LogP contribution in [0.3, 0.4) is 0 Å². The van der Waals surface area contributed by atoms with E-state index in [0.717, 1.165) is 71.7 Å². The average molecular weight is 784 g/mol. The number of hydrogen-bond donors (Lipinski definition) is 0. The van der Waals surface area contributed by atoms with Gasteiger partial charge in [-0.05, 0) is 75.0 Å². The molecule has 3 heterocycles. The van der Waals surface area contributed by atoms with E-state index in [1.54, 1.807) is 11.3 Å². The molecule has 0 bridgehead atoms. The molecule has 0 unspecified atom stereocenters. The van der Waals surface area contributed by atoms with Crippen LogP contribution in [0.1, 0.15) is 0 Å². The second kappa shape index (κ2) is 14.0. The summed E-state index contributed by atoms with van der Waals surface area (Å²) in [5.74, 6) is 1.94. The molecule has 0 aliphatic heterocycles. The first kappa shape index (κ1) is 34.3. The van der Waals surface area contributed by atoms with Gasteiger partial charge in [0.2, 0.25) is 0 Å². The molecule has 60 heavy (non-hydrogen) atoms. The molecule has 12 aromatic rings. The van der Waals surface area contributed by atoms with Crippen molar-refractivity contribution in [1.82, 2.24) is 15.0 Å². The van der Waals surface area contributed by atoms with E-state index in [1.165, 1.54) is 31.3 Å². The number of furan rings is 1. The number of aromatic nitrogens is 3. The van der Waals surface area contributed by atoms with Crippen molar-refractivity contribution >= 4 is 64.2 Å². The minimum Gasteiger partial charge on any atom is -0.455 e. The first-order chi connectivity index (χ1) is 29.7. The van der Waals surface area contributed by atoms with Crippen molar-refractivity contribution in [2.24, 2.45) is 0 Å². The molecule has 0 N–H and O–H groups in total. The Kier molecular flexibility index (Phi) is 8.00. The minimum atomic E-state index is 0.639. The van der Waals surface area contributed by atoms with Gasteiger partial charge in [0.05, 0.1) is 0 Å². The molecule has 0 saturated carbocycles. The Morgan fingerprint density at radius 2 is 0.850 bits per heavy atom. The van der Waals surface area contributed by atoms with Crippen molar-refractivity contribution in [3.05, 3.63) is 200 Å². The molecule has 5 heteroatoms. The fourth-order valence-corrected chi connectivity index (χ4v) is 9.68. The molecule has 0 radical (unpaired) electrons. The zero-order valence-corrected chi connectivity index (χ0v) is 33.0. The van der Waals surface area contributed by atoms with Gasteiger partial charge in [0.25, 0.3) is 0 Å². The van der Waals surface area contributed by atoms with Crippen LogP contribution in [0.25, 0.3) is 120 Å². The van der Waals surface area contributed by atoms with Crippen LogP contribution in [0.5, 0.6) is 0 Å². The summed E-state index contributed by atoms with van der Waals surface area (Å²) in [6.07, 6.45) is 0. The fourth-order valence-electron chi connectivity index (χ4n) is 8.54. The highest BCUT2D eigenvalue weighted by atomic mass is 32.1. The summed E-state index contributed by atoms with van der Waals surface area (Å²) in [4.78, 5) is 15.2. The number of hydrogen-bond acceptors (Lipinski definition) is 5. The van der Waals surface area contributed by atoms with Crippen LogP contribution in [0, 0.1) is 0 Å². The van der Waals surface area contributed by atoms with Gasteiger partial charge < -0.3 is 4.42 Å². The summed E-state index contributed by atoms with van der Waals surface area (Å²) in [6, 6.07) is 70.5. The first-order valence-corrected chi connectivity index (χ1v) is 20.9. The molecular weight excluding hydrogens is 751 g/mol. The van der Waals surface area contributed by atoms with Crippen molar-refractivity contribution in [1.29, 1.82) is 0 Å². The number of rotatable bonds is 6. The monoisotopic (exact) mass is 783 g/mol. The van der Waals surface area contributed by atoms with E-state index >= 15 is 0 Å². The summed E-state index contributed by atoms with van der Waals surface area (Å²) in [6.45, 7) is 0. The SMILES string of the molecule is c1ccc(-c2ccc(-c3ccc(-c4ccc5cc(-c6nc(-c7ccccc7)nc(-c7ccc8c(c7)sc7ccccc78)n6)ccc5c4)c4c3oc3ccccc34)cc2)cc1. The quantitative estimate of drug-likeness (QED) is 0.169. The summed E-state index contributed by atoms with van der Waals surface area (Å²) in [7, 11) is 0.